The van der Waals surface area contributed by atoms with Crippen molar-refractivity contribution < 1.29 is 9.18 Å². The molecule has 2 aromatic carbocycles. The fourth-order valence-electron chi connectivity index (χ4n) is 1.64. The topological polar surface area (TPSA) is 55.1 Å². The van der Waals surface area contributed by atoms with Crippen LogP contribution >= 0.6 is 11.6 Å². The molecule has 0 aliphatic heterocycles. The van der Waals surface area contributed by atoms with Gasteiger partial charge in [-0.25, -0.2) is 4.39 Å². The van der Waals surface area contributed by atoms with Crippen molar-refractivity contribution in [3.8, 4) is 0 Å². The van der Waals surface area contributed by atoms with Gasteiger partial charge in [0.1, 0.15) is 5.82 Å². The number of halogens is 2. The Balaban J connectivity index is 2.28. The molecule has 2 aromatic rings. The lowest BCUT2D eigenvalue weighted by Gasteiger charge is -2.09. The summed E-state index contributed by atoms with van der Waals surface area (Å²) in [4.78, 5) is 12.0. The molecular formula is C14H12ClFN2O. The zero-order chi connectivity index (χ0) is 14.0. The molecule has 3 N–H and O–H groups in total. The second kappa shape index (κ2) is 5.28. The van der Waals surface area contributed by atoms with E-state index < -0.39 is 11.7 Å². The highest BCUT2D eigenvalue weighted by Crippen LogP contribution is 2.22. The van der Waals surface area contributed by atoms with E-state index >= 15 is 0 Å². The van der Waals surface area contributed by atoms with Gasteiger partial charge in [-0.2, -0.15) is 0 Å². The van der Waals surface area contributed by atoms with E-state index in [1.165, 1.54) is 18.2 Å². The minimum absolute atomic E-state index is 0.123. The van der Waals surface area contributed by atoms with Gasteiger partial charge < -0.3 is 11.1 Å². The highest BCUT2D eigenvalue weighted by Gasteiger charge is 2.12. The van der Waals surface area contributed by atoms with Crippen molar-refractivity contribution in [1.29, 1.82) is 0 Å². The van der Waals surface area contributed by atoms with Gasteiger partial charge in [0, 0.05) is 5.69 Å². The predicted molar refractivity (Wildman–Crippen MR) is 75.0 cm³/mol. The molecule has 0 unspecified atom stereocenters. The Morgan fingerprint density at radius 1 is 1.26 bits per heavy atom. The molecule has 0 heterocycles. The molecule has 0 atom stereocenters. The van der Waals surface area contributed by atoms with Crippen LogP contribution in [-0.4, -0.2) is 5.91 Å². The van der Waals surface area contributed by atoms with Crippen LogP contribution in [0.1, 0.15) is 15.9 Å². The lowest BCUT2D eigenvalue weighted by molar-refractivity contribution is 0.102. The molecule has 0 saturated carbocycles. The maximum atomic E-state index is 13.5. The summed E-state index contributed by atoms with van der Waals surface area (Å²) in [5, 5.41) is 2.72. The minimum Gasteiger partial charge on any atom is -0.399 e. The van der Waals surface area contributed by atoms with Gasteiger partial charge in [-0.1, -0.05) is 17.7 Å². The van der Waals surface area contributed by atoms with Crippen LogP contribution in [0.15, 0.2) is 36.4 Å². The molecular weight excluding hydrogens is 267 g/mol. The summed E-state index contributed by atoms with van der Waals surface area (Å²) < 4.78 is 13.5. The molecule has 1 amide bonds. The number of aryl methyl sites for hydroxylation is 1. The van der Waals surface area contributed by atoms with Crippen molar-refractivity contribution in [1.82, 2.24) is 0 Å². The summed E-state index contributed by atoms with van der Waals surface area (Å²) in [6, 6.07) is 9.02. The number of carbonyl (C=O) groups is 1. The van der Waals surface area contributed by atoms with E-state index in [4.69, 9.17) is 17.3 Å². The second-order valence-corrected chi connectivity index (χ2v) is 4.58. The van der Waals surface area contributed by atoms with Crippen LogP contribution in [0.3, 0.4) is 0 Å². The zero-order valence-corrected chi connectivity index (χ0v) is 11.0. The van der Waals surface area contributed by atoms with Gasteiger partial charge in [0.2, 0.25) is 0 Å². The molecule has 0 spiro atoms. The van der Waals surface area contributed by atoms with Crippen LogP contribution in [0.25, 0.3) is 0 Å². The maximum absolute atomic E-state index is 13.5. The van der Waals surface area contributed by atoms with E-state index in [1.807, 2.05) is 6.92 Å². The van der Waals surface area contributed by atoms with Gasteiger partial charge in [-0.3, -0.25) is 4.79 Å². The van der Waals surface area contributed by atoms with Crippen molar-refractivity contribution in [3.63, 3.8) is 0 Å². The first-order chi connectivity index (χ1) is 8.97. The fourth-order valence-corrected chi connectivity index (χ4v) is 1.91. The van der Waals surface area contributed by atoms with Crippen LogP contribution < -0.4 is 11.1 Å². The maximum Gasteiger partial charge on any atom is 0.257 e. The molecule has 0 aliphatic carbocycles. The van der Waals surface area contributed by atoms with E-state index in [-0.39, 0.29) is 16.3 Å². The first-order valence-corrected chi connectivity index (χ1v) is 5.97. The molecule has 0 aliphatic rings. The van der Waals surface area contributed by atoms with Crippen LogP contribution in [0.5, 0.6) is 0 Å². The average Bonchev–Trinajstić information content (AvgIpc) is 2.33. The van der Waals surface area contributed by atoms with E-state index in [9.17, 15) is 9.18 Å². The Hall–Kier alpha value is -2.07. The average molecular weight is 279 g/mol. The van der Waals surface area contributed by atoms with E-state index in [0.29, 0.717) is 5.69 Å². The van der Waals surface area contributed by atoms with Gasteiger partial charge >= 0.3 is 0 Å². The molecule has 98 valence electrons. The van der Waals surface area contributed by atoms with Crippen molar-refractivity contribution in [3.05, 3.63) is 58.4 Å². The zero-order valence-electron chi connectivity index (χ0n) is 10.2. The molecule has 0 saturated heterocycles. The van der Waals surface area contributed by atoms with Gasteiger partial charge in [-0.05, 0) is 42.8 Å². The highest BCUT2D eigenvalue weighted by atomic mass is 35.5. The lowest BCUT2D eigenvalue weighted by Crippen LogP contribution is -2.13. The van der Waals surface area contributed by atoms with Crippen LogP contribution in [-0.2, 0) is 0 Å². The standard InChI is InChI=1S/C14H12ClFN2O/c1-8-2-5-12(16)13(6-8)18-14(19)10-4-3-9(17)7-11(10)15/h2-7H,17H2,1H3,(H,18,19). The number of nitrogen functional groups attached to an aromatic ring is 1. The summed E-state index contributed by atoms with van der Waals surface area (Å²) in [6.45, 7) is 1.81. The molecule has 19 heavy (non-hydrogen) atoms. The number of benzene rings is 2. The predicted octanol–water partition coefficient (Wildman–Crippen LogP) is 3.62. The molecule has 3 nitrogen and oxygen atoms in total. The van der Waals surface area contributed by atoms with Crippen molar-refractivity contribution in [2.75, 3.05) is 11.1 Å². The lowest BCUT2D eigenvalue weighted by atomic mass is 10.1. The number of rotatable bonds is 2. The third-order valence-corrected chi connectivity index (χ3v) is 2.92. The molecule has 5 heteroatoms. The molecule has 0 aromatic heterocycles. The Morgan fingerprint density at radius 2 is 2.00 bits per heavy atom. The number of hydrogen-bond acceptors (Lipinski definition) is 2. The number of anilines is 2. The smallest absolute Gasteiger partial charge is 0.257 e. The summed E-state index contributed by atoms with van der Waals surface area (Å²) in [5.74, 6) is -0.972. The summed E-state index contributed by atoms with van der Waals surface area (Å²) >= 11 is 5.93. The third-order valence-electron chi connectivity index (χ3n) is 2.61. The number of amides is 1. The van der Waals surface area contributed by atoms with Crippen molar-refractivity contribution >= 4 is 28.9 Å². The number of hydrogen-bond donors (Lipinski definition) is 2. The second-order valence-electron chi connectivity index (χ2n) is 4.18. The Bertz CT molecular complexity index is 643. The van der Waals surface area contributed by atoms with Gasteiger partial charge in [-0.15, -0.1) is 0 Å². The molecule has 0 radical (unpaired) electrons. The van der Waals surface area contributed by atoms with Crippen LogP contribution in [0.2, 0.25) is 5.02 Å². The van der Waals surface area contributed by atoms with Gasteiger partial charge in [0.15, 0.2) is 0 Å². The van der Waals surface area contributed by atoms with Crippen molar-refractivity contribution in [2.45, 2.75) is 6.92 Å². The van der Waals surface area contributed by atoms with Crippen molar-refractivity contribution in [2.24, 2.45) is 0 Å². The van der Waals surface area contributed by atoms with Gasteiger partial charge in [0.05, 0.1) is 16.3 Å². The van der Waals surface area contributed by atoms with E-state index in [0.717, 1.165) is 5.56 Å². The van der Waals surface area contributed by atoms with Crippen LogP contribution in [0, 0.1) is 12.7 Å². The van der Waals surface area contributed by atoms with E-state index in [2.05, 4.69) is 5.32 Å². The minimum atomic E-state index is -0.495. The van der Waals surface area contributed by atoms with Gasteiger partial charge in [0.25, 0.3) is 5.91 Å². The number of nitrogens with one attached hydrogen (secondary N) is 1. The quantitative estimate of drug-likeness (QED) is 0.824. The highest BCUT2D eigenvalue weighted by molar-refractivity contribution is 6.34. The third kappa shape index (κ3) is 3.03. The first kappa shape index (κ1) is 13.4. The fraction of sp³-hybridized carbons (Fsp3) is 0.0714. The number of carbonyl (C=O) groups excluding carboxylic acids is 1. The monoisotopic (exact) mass is 278 g/mol. The van der Waals surface area contributed by atoms with E-state index in [1.54, 1.807) is 18.2 Å². The molecule has 0 bridgehead atoms. The summed E-state index contributed by atoms with van der Waals surface area (Å²) in [5.41, 5.74) is 7.23. The largest absolute Gasteiger partial charge is 0.399 e. The summed E-state index contributed by atoms with van der Waals surface area (Å²) in [7, 11) is 0. The molecule has 2 rings (SSSR count). The Kier molecular flexibility index (Phi) is 3.71. The SMILES string of the molecule is Cc1ccc(F)c(NC(=O)c2ccc(N)cc2Cl)c1. The molecule has 0 fully saturated rings. The Morgan fingerprint density at radius 3 is 2.68 bits per heavy atom. The Labute approximate surface area is 115 Å². The first-order valence-electron chi connectivity index (χ1n) is 5.60. The number of nitrogens with two attached hydrogens (primary N) is 1. The summed E-state index contributed by atoms with van der Waals surface area (Å²) in [6.07, 6.45) is 0. The normalized spacial score (nSPS) is 10.3. The van der Waals surface area contributed by atoms with Crippen LogP contribution in [0.4, 0.5) is 15.8 Å².